The molecule has 0 unspecified atom stereocenters. The van der Waals surface area contributed by atoms with Gasteiger partial charge in [0.1, 0.15) is 17.5 Å². The lowest BCUT2D eigenvalue weighted by atomic mass is 10.3. The normalized spacial score (nSPS) is 10.6. The highest BCUT2D eigenvalue weighted by molar-refractivity contribution is 7.09. The Morgan fingerprint density at radius 2 is 2.11 bits per heavy atom. The van der Waals surface area contributed by atoms with Gasteiger partial charge in [0.15, 0.2) is 0 Å². The number of aryl methyl sites for hydroxylation is 2. The molecule has 102 valence electrons. The third-order valence-electron chi connectivity index (χ3n) is 2.58. The van der Waals surface area contributed by atoms with Gasteiger partial charge >= 0.3 is 0 Å². The van der Waals surface area contributed by atoms with Crippen LogP contribution < -0.4 is 11.1 Å². The van der Waals surface area contributed by atoms with Crippen molar-refractivity contribution in [3.8, 4) is 0 Å². The van der Waals surface area contributed by atoms with Gasteiger partial charge in [-0.05, 0) is 13.3 Å². The minimum absolute atomic E-state index is 0.519. The molecule has 0 radical (unpaired) electrons. The van der Waals surface area contributed by atoms with E-state index in [1.165, 1.54) is 0 Å². The zero-order valence-electron chi connectivity index (χ0n) is 11.3. The van der Waals surface area contributed by atoms with Gasteiger partial charge in [-0.2, -0.15) is 0 Å². The quantitative estimate of drug-likeness (QED) is 0.848. The topological polar surface area (TPSA) is 76.7 Å². The van der Waals surface area contributed by atoms with Crippen molar-refractivity contribution in [1.29, 1.82) is 0 Å². The van der Waals surface area contributed by atoms with Crippen molar-refractivity contribution in [2.75, 3.05) is 17.6 Å². The van der Waals surface area contributed by atoms with Gasteiger partial charge in [-0.25, -0.2) is 15.0 Å². The molecule has 0 aliphatic heterocycles. The monoisotopic (exact) mass is 277 g/mol. The van der Waals surface area contributed by atoms with E-state index in [2.05, 4.69) is 32.6 Å². The van der Waals surface area contributed by atoms with Gasteiger partial charge in [-0.15, -0.1) is 11.3 Å². The molecule has 5 nitrogen and oxygen atoms in total. The molecule has 2 aromatic rings. The molecule has 0 saturated carbocycles. The summed E-state index contributed by atoms with van der Waals surface area (Å²) in [7, 11) is 0. The Morgan fingerprint density at radius 3 is 2.79 bits per heavy atom. The van der Waals surface area contributed by atoms with Gasteiger partial charge < -0.3 is 11.1 Å². The number of anilines is 2. The summed E-state index contributed by atoms with van der Waals surface area (Å²) in [5.74, 6) is 2.12. The van der Waals surface area contributed by atoms with Crippen LogP contribution in [0.3, 0.4) is 0 Å². The van der Waals surface area contributed by atoms with Crippen LogP contribution in [0.1, 0.15) is 29.9 Å². The lowest BCUT2D eigenvalue weighted by Crippen LogP contribution is -2.09. The van der Waals surface area contributed by atoms with E-state index in [1.807, 2.05) is 6.92 Å². The van der Waals surface area contributed by atoms with Gasteiger partial charge in [-0.3, -0.25) is 0 Å². The summed E-state index contributed by atoms with van der Waals surface area (Å²) in [6.07, 6.45) is 2.76. The fourth-order valence-electron chi connectivity index (χ4n) is 1.76. The maximum atomic E-state index is 5.77. The third kappa shape index (κ3) is 4.17. The van der Waals surface area contributed by atoms with E-state index in [4.69, 9.17) is 5.73 Å². The summed E-state index contributed by atoms with van der Waals surface area (Å²) in [4.78, 5) is 13.1. The minimum Gasteiger partial charge on any atom is -0.384 e. The Morgan fingerprint density at radius 1 is 1.26 bits per heavy atom. The van der Waals surface area contributed by atoms with E-state index in [0.29, 0.717) is 5.82 Å². The summed E-state index contributed by atoms with van der Waals surface area (Å²) in [6, 6.07) is 1.77. The molecular weight excluding hydrogens is 258 g/mol. The van der Waals surface area contributed by atoms with Crippen molar-refractivity contribution in [1.82, 2.24) is 15.0 Å². The molecule has 0 atom stereocenters. The highest BCUT2D eigenvalue weighted by atomic mass is 32.1. The standard InChI is InChI=1S/C13H19N5S/c1-3-4-11-17-10(14)7-12(18-11)15-6-5-13-16-9(2)8-19-13/h7-8H,3-6H2,1-2H3,(H3,14,15,17,18). The zero-order chi connectivity index (χ0) is 13.7. The van der Waals surface area contributed by atoms with Gasteiger partial charge in [0, 0.05) is 36.5 Å². The van der Waals surface area contributed by atoms with E-state index in [-0.39, 0.29) is 0 Å². The number of hydrogen-bond acceptors (Lipinski definition) is 6. The Kier molecular flexibility index (Phi) is 4.68. The van der Waals surface area contributed by atoms with Crippen LogP contribution in [0.25, 0.3) is 0 Å². The number of hydrogen-bond donors (Lipinski definition) is 2. The first kappa shape index (κ1) is 13.7. The lowest BCUT2D eigenvalue weighted by molar-refractivity contribution is 0.835. The molecule has 2 heterocycles. The molecule has 0 aliphatic rings. The molecule has 0 fully saturated rings. The van der Waals surface area contributed by atoms with Crippen LogP contribution >= 0.6 is 11.3 Å². The second-order valence-corrected chi connectivity index (χ2v) is 5.35. The molecule has 0 aliphatic carbocycles. The highest BCUT2D eigenvalue weighted by Gasteiger charge is 2.03. The molecular formula is C13H19N5S. The van der Waals surface area contributed by atoms with Crippen molar-refractivity contribution in [2.24, 2.45) is 0 Å². The molecule has 2 aromatic heterocycles. The van der Waals surface area contributed by atoms with E-state index >= 15 is 0 Å². The molecule has 19 heavy (non-hydrogen) atoms. The van der Waals surface area contributed by atoms with Gasteiger partial charge in [0.05, 0.1) is 5.01 Å². The molecule has 0 spiro atoms. The number of thiazole rings is 1. The predicted octanol–water partition coefficient (Wildman–Crippen LogP) is 2.43. The number of aromatic nitrogens is 3. The fourth-order valence-corrected chi connectivity index (χ4v) is 2.53. The summed E-state index contributed by atoms with van der Waals surface area (Å²) >= 11 is 1.69. The summed E-state index contributed by atoms with van der Waals surface area (Å²) in [6.45, 7) is 4.91. The van der Waals surface area contributed by atoms with E-state index in [1.54, 1.807) is 17.4 Å². The van der Waals surface area contributed by atoms with Crippen LogP contribution in [0.5, 0.6) is 0 Å². The van der Waals surface area contributed by atoms with E-state index in [9.17, 15) is 0 Å². The van der Waals surface area contributed by atoms with Gasteiger partial charge in [0.25, 0.3) is 0 Å². The van der Waals surface area contributed by atoms with Gasteiger partial charge in [-0.1, -0.05) is 6.92 Å². The molecule has 6 heteroatoms. The van der Waals surface area contributed by atoms with Gasteiger partial charge in [0.2, 0.25) is 0 Å². The van der Waals surface area contributed by atoms with Crippen LogP contribution in [-0.4, -0.2) is 21.5 Å². The number of nitrogen functional groups attached to an aromatic ring is 1. The summed E-state index contributed by atoms with van der Waals surface area (Å²) in [5, 5.41) is 6.48. The summed E-state index contributed by atoms with van der Waals surface area (Å²) < 4.78 is 0. The van der Waals surface area contributed by atoms with Crippen LogP contribution in [0.4, 0.5) is 11.6 Å². The van der Waals surface area contributed by atoms with Crippen LogP contribution in [0, 0.1) is 6.92 Å². The first-order valence-electron chi connectivity index (χ1n) is 6.45. The Balaban J connectivity index is 1.91. The van der Waals surface area contributed by atoms with Crippen molar-refractivity contribution in [3.63, 3.8) is 0 Å². The van der Waals surface area contributed by atoms with Crippen molar-refractivity contribution in [3.05, 3.63) is 28.0 Å². The summed E-state index contributed by atoms with van der Waals surface area (Å²) in [5.41, 5.74) is 6.85. The predicted molar refractivity (Wildman–Crippen MR) is 79.5 cm³/mol. The maximum absolute atomic E-state index is 5.77. The second kappa shape index (κ2) is 6.47. The fraction of sp³-hybridized carbons (Fsp3) is 0.462. The molecule has 0 amide bonds. The Bertz CT molecular complexity index is 538. The lowest BCUT2D eigenvalue weighted by Gasteiger charge is -2.07. The Labute approximate surface area is 117 Å². The van der Waals surface area contributed by atoms with Crippen LogP contribution in [0.2, 0.25) is 0 Å². The molecule has 2 rings (SSSR count). The number of nitrogens with two attached hydrogens (primary N) is 1. The highest BCUT2D eigenvalue weighted by Crippen LogP contribution is 2.12. The van der Waals surface area contributed by atoms with Crippen molar-refractivity contribution >= 4 is 23.0 Å². The van der Waals surface area contributed by atoms with E-state index in [0.717, 1.165) is 48.2 Å². The second-order valence-electron chi connectivity index (χ2n) is 4.40. The molecule has 0 saturated heterocycles. The molecule has 0 bridgehead atoms. The minimum atomic E-state index is 0.519. The molecule has 0 aromatic carbocycles. The van der Waals surface area contributed by atoms with E-state index < -0.39 is 0 Å². The zero-order valence-corrected chi connectivity index (χ0v) is 12.1. The Hall–Kier alpha value is -1.69. The SMILES string of the molecule is CCCc1nc(N)cc(NCCc2nc(C)cs2)n1. The first-order chi connectivity index (χ1) is 9.17. The average Bonchev–Trinajstić information content (AvgIpc) is 2.75. The van der Waals surface area contributed by atoms with Crippen molar-refractivity contribution < 1.29 is 0 Å². The number of nitrogens with zero attached hydrogens (tertiary/aromatic N) is 3. The number of nitrogens with one attached hydrogen (secondary N) is 1. The first-order valence-corrected chi connectivity index (χ1v) is 7.33. The van der Waals surface area contributed by atoms with Crippen molar-refractivity contribution in [2.45, 2.75) is 33.1 Å². The molecule has 3 N–H and O–H groups in total. The van der Waals surface area contributed by atoms with Crippen LogP contribution in [-0.2, 0) is 12.8 Å². The number of rotatable bonds is 6. The largest absolute Gasteiger partial charge is 0.384 e. The maximum Gasteiger partial charge on any atom is 0.133 e. The van der Waals surface area contributed by atoms with Crippen LogP contribution in [0.15, 0.2) is 11.4 Å². The average molecular weight is 277 g/mol. The smallest absolute Gasteiger partial charge is 0.133 e. The third-order valence-corrected chi connectivity index (χ3v) is 3.60.